The van der Waals surface area contributed by atoms with Gasteiger partial charge in [-0.1, -0.05) is 18.2 Å². The van der Waals surface area contributed by atoms with Gasteiger partial charge >= 0.3 is 0 Å². The number of anilines is 1. The molecule has 5 heteroatoms. The minimum Gasteiger partial charge on any atom is -0.490 e. The Labute approximate surface area is 146 Å². The predicted molar refractivity (Wildman–Crippen MR) is 97.2 cm³/mol. The fourth-order valence-corrected chi connectivity index (χ4v) is 3.32. The maximum Gasteiger partial charge on any atom is 0.237 e. The monoisotopic (exact) mass is 343 g/mol. The second kappa shape index (κ2) is 7.62. The first-order valence-electron chi connectivity index (χ1n) is 8.06. The van der Waals surface area contributed by atoms with Crippen molar-refractivity contribution < 1.29 is 14.3 Å². The van der Waals surface area contributed by atoms with E-state index in [0.717, 1.165) is 34.1 Å². The van der Waals surface area contributed by atoms with Crippen LogP contribution in [0.1, 0.15) is 18.9 Å². The summed E-state index contributed by atoms with van der Waals surface area (Å²) in [6.07, 6.45) is 0.881. The van der Waals surface area contributed by atoms with Gasteiger partial charge in [0.15, 0.2) is 11.5 Å². The summed E-state index contributed by atoms with van der Waals surface area (Å²) in [5.74, 6) is 1.51. The fraction of sp³-hybridized carbons (Fsp3) is 0.316. The summed E-state index contributed by atoms with van der Waals surface area (Å²) in [6, 6.07) is 13.6. The van der Waals surface area contributed by atoms with Gasteiger partial charge in [-0.3, -0.25) is 4.79 Å². The van der Waals surface area contributed by atoms with E-state index in [9.17, 15) is 4.79 Å². The van der Waals surface area contributed by atoms with Gasteiger partial charge in [0.25, 0.3) is 0 Å². The molecule has 4 nitrogen and oxygen atoms in total. The topological polar surface area (TPSA) is 47.6 Å². The number of para-hydroxylation sites is 1. The standard InChI is InChI=1S/C19H21NO3S/c1-13-6-3-4-7-16(13)20-19(21)14(2)24-15-8-9-17-18(12-15)23-11-5-10-22-17/h3-4,6-9,12,14H,5,10-11H2,1-2H3,(H,20,21). The molecule has 0 aliphatic carbocycles. The molecule has 1 heterocycles. The van der Waals surface area contributed by atoms with Crippen molar-refractivity contribution >= 4 is 23.4 Å². The van der Waals surface area contributed by atoms with Gasteiger partial charge in [-0.15, -0.1) is 11.8 Å². The van der Waals surface area contributed by atoms with E-state index in [1.807, 2.05) is 56.3 Å². The SMILES string of the molecule is Cc1ccccc1NC(=O)C(C)Sc1ccc2c(c1)OCCCO2. The number of carbonyl (C=O) groups is 1. The molecule has 0 saturated carbocycles. The third-order valence-electron chi connectivity index (χ3n) is 3.80. The van der Waals surface area contributed by atoms with Gasteiger partial charge < -0.3 is 14.8 Å². The third kappa shape index (κ3) is 4.03. The number of ether oxygens (including phenoxy) is 2. The molecule has 0 bridgehead atoms. The highest BCUT2D eigenvalue weighted by molar-refractivity contribution is 8.00. The predicted octanol–water partition coefficient (Wildman–Crippen LogP) is 4.28. The second-order valence-corrected chi connectivity index (χ2v) is 7.14. The molecule has 0 saturated heterocycles. The first-order chi connectivity index (χ1) is 11.6. The Morgan fingerprint density at radius 1 is 1.12 bits per heavy atom. The molecule has 0 radical (unpaired) electrons. The van der Waals surface area contributed by atoms with Crippen LogP contribution in [0.25, 0.3) is 0 Å². The number of fused-ring (bicyclic) bond motifs is 1. The highest BCUT2D eigenvalue weighted by Crippen LogP contribution is 2.35. The number of hydrogen-bond donors (Lipinski definition) is 1. The molecule has 1 atom stereocenters. The molecule has 1 N–H and O–H groups in total. The Bertz CT molecular complexity index is 732. The first kappa shape index (κ1) is 16.7. The van der Waals surface area contributed by atoms with E-state index in [2.05, 4.69) is 5.32 Å². The van der Waals surface area contributed by atoms with Crippen molar-refractivity contribution in [2.45, 2.75) is 30.4 Å². The number of hydrogen-bond acceptors (Lipinski definition) is 4. The molecule has 1 amide bonds. The number of benzene rings is 2. The molecule has 1 unspecified atom stereocenters. The average Bonchev–Trinajstić information content (AvgIpc) is 2.81. The molecule has 1 aliphatic heterocycles. The van der Waals surface area contributed by atoms with Gasteiger partial charge in [0.1, 0.15) is 0 Å². The van der Waals surface area contributed by atoms with E-state index < -0.39 is 0 Å². The van der Waals surface area contributed by atoms with Crippen LogP contribution in [0.5, 0.6) is 11.5 Å². The molecular formula is C19H21NO3S. The van der Waals surface area contributed by atoms with Crippen LogP contribution in [0.3, 0.4) is 0 Å². The zero-order valence-corrected chi connectivity index (χ0v) is 14.7. The molecule has 1 aliphatic rings. The lowest BCUT2D eigenvalue weighted by Gasteiger charge is -2.14. The number of carbonyl (C=O) groups excluding carboxylic acids is 1. The van der Waals surface area contributed by atoms with Gasteiger partial charge in [-0.2, -0.15) is 0 Å². The lowest BCUT2D eigenvalue weighted by molar-refractivity contribution is -0.115. The van der Waals surface area contributed by atoms with Crippen molar-refractivity contribution in [3.8, 4) is 11.5 Å². The number of rotatable bonds is 4. The summed E-state index contributed by atoms with van der Waals surface area (Å²) in [6.45, 7) is 5.22. The summed E-state index contributed by atoms with van der Waals surface area (Å²) in [7, 11) is 0. The quantitative estimate of drug-likeness (QED) is 0.842. The molecule has 2 aromatic carbocycles. The molecule has 0 fully saturated rings. The van der Waals surface area contributed by atoms with Crippen LogP contribution in [-0.4, -0.2) is 24.4 Å². The summed E-state index contributed by atoms with van der Waals surface area (Å²) in [5, 5.41) is 2.77. The Morgan fingerprint density at radius 2 is 1.88 bits per heavy atom. The molecule has 126 valence electrons. The van der Waals surface area contributed by atoms with E-state index in [1.54, 1.807) is 0 Å². The van der Waals surface area contributed by atoms with Crippen LogP contribution in [-0.2, 0) is 4.79 Å². The summed E-state index contributed by atoms with van der Waals surface area (Å²) < 4.78 is 11.3. The van der Waals surface area contributed by atoms with E-state index in [1.165, 1.54) is 11.8 Å². The lowest BCUT2D eigenvalue weighted by Crippen LogP contribution is -2.22. The van der Waals surface area contributed by atoms with Gasteiger partial charge in [-0.25, -0.2) is 0 Å². The Morgan fingerprint density at radius 3 is 2.67 bits per heavy atom. The zero-order chi connectivity index (χ0) is 16.9. The second-order valence-electron chi connectivity index (χ2n) is 5.72. The van der Waals surface area contributed by atoms with Gasteiger partial charge in [-0.05, 0) is 43.7 Å². The van der Waals surface area contributed by atoms with E-state index in [0.29, 0.717) is 13.2 Å². The van der Waals surface area contributed by atoms with Gasteiger partial charge in [0.05, 0.1) is 18.5 Å². The Hall–Kier alpha value is -2.14. The average molecular weight is 343 g/mol. The van der Waals surface area contributed by atoms with Gasteiger partial charge in [0, 0.05) is 17.0 Å². The van der Waals surface area contributed by atoms with Crippen LogP contribution in [0, 0.1) is 6.92 Å². The molecule has 0 aromatic heterocycles. The number of amides is 1. The van der Waals surface area contributed by atoms with Crippen molar-refractivity contribution in [1.82, 2.24) is 0 Å². The van der Waals surface area contributed by atoms with Crippen LogP contribution in [0.2, 0.25) is 0 Å². The third-order valence-corrected chi connectivity index (χ3v) is 4.90. The summed E-state index contributed by atoms with van der Waals surface area (Å²) in [4.78, 5) is 13.4. The summed E-state index contributed by atoms with van der Waals surface area (Å²) >= 11 is 1.51. The smallest absolute Gasteiger partial charge is 0.237 e. The highest BCUT2D eigenvalue weighted by Gasteiger charge is 2.17. The summed E-state index contributed by atoms with van der Waals surface area (Å²) in [5.41, 5.74) is 1.91. The molecule has 3 rings (SSSR count). The molecule has 0 spiro atoms. The normalized spacial score (nSPS) is 14.6. The van der Waals surface area contributed by atoms with Crippen molar-refractivity contribution in [3.63, 3.8) is 0 Å². The fourth-order valence-electron chi connectivity index (χ4n) is 2.42. The zero-order valence-electron chi connectivity index (χ0n) is 13.9. The Balaban J connectivity index is 1.66. The van der Waals surface area contributed by atoms with Crippen molar-refractivity contribution in [3.05, 3.63) is 48.0 Å². The largest absolute Gasteiger partial charge is 0.490 e. The molecule has 24 heavy (non-hydrogen) atoms. The number of nitrogens with one attached hydrogen (secondary N) is 1. The first-order valence-corrected chi connectivity index (χ1v) is 8.94. The maximum absolute atomic E-state index is 12.4. The number of thioether (sulfide) groups is 1. The van der Waals surface area contributed by atoms with Gasteiger partial charge in [0.2, 0.25) is 5.91 Å². The van der Waals surface area contributed by atoms with Crippen molar-refractivity contribution in [2.24, 2.45) is 0 Å². The van der Waals surface area contributed by atoms with Crippen LogP contribution < -0.4 is 14.8 Å². The van der Waals surface area contributed by atoms with E-state index in [-0.39, 0.29) is 11.2 Å². The van der Waals surface area contributed by atoms with Crippen LogP contribution in [0.4, 0.5) is 5.69 Å². The van der Waals surface area contributed by atoms with E-state index >= 15 is 0 Å². The van der Waals surface area contributed by atoms with Crippen molar-refractivity contribution in [1.29, 1.82) is 0 Å². The molecular weight excluding hydrogens is 322 g/mol. The minimum atomic E-state index is -0.214. The minimum absolute atomic E-state index is 0.0126. The highest BCUT2D eigenvalue weighted by atomic mass is 32.2. The maximum atomic E-state index is 12.4. The molecule has 2 aromatic rings. The number of aryl methyl sites for hydroxylation is 1. The van der Waals surface area contributed by atoms with Crippen LogP contribution >= 0.6 is 11.8 Å². The Kier molecular flexibility index (Phi) is 5.30. The van der Waals surface area contributed by atoms with Crippen molar-refractivity contribution in [2.75, 3.05) is 18.5 Å². The lowest BCUT2D eigenvalue weighted by atomic mass is 10.2. The van der Waals surface area contributed by atoms with Crippen LogP contribution in [0.15, 0.2) is 47.4 Å². The van der Waals surface area contributed by atoms with E-state index in [4.69, 9.17) is 9.47 Å².